The summed E-state index contributed by atoms with van der Waals surface area (Å²) in [7, 11) is 2.09. The molecular formula is C19H28BFO6. The van der Waals surface area contributed by atoms with Gasteiger partial charge in [-0.2, -0.15) is 0 Å². The molecule has 1 aromatic rings. The highest BCUT2D eigenvalue weighted by Gasteiger charge is 2.54. The van der Waals surface area contributed by atoms with E-state index in [2.05, 4.69) is 0 Å². The van der Waals surface area contributed by atoms with Crippen molar-refractivity contribution in [2.24, 2.45) is 0 Å². The first-order chi connectivity index (χ1) is 12.6. The number of hydrogen-bond acceptors (Lipinski definition) is 6. The molecule has 1 atom stereocenters. The maximum absolute atomic E-state index is 14.9. The van der Waals surface area contributed by atoms with Crippen molar-refractivity contribution in [1.82, 2.24) is 0 Å². The van der Waals surface area contributed by atoms with Gasteiger partial charge in [-0.15, -0.1) is 0 Å². The van der Waals surface area contributed by atoms with Gasteiger partial charge < -0.3 is 23.5 Å². The fourth-order valence-electron chi connectivity index (χ4n) is 2.96. The Hall–Kier alpha value is -1.80. The van der Waals surface area contributed by atoms with Crippen LogP contribution in [0.2, 0.25) is 0 Å². The molecular weight excluding hydrogens is 354 g/mol. The molecule has 1 fully saturated rings. The molecule has 1 aromatic carbocycles. The standard InChI is InChI=1S/C19H28BFO6/c1-8-25-17(22)10-13(20-26-18(2,3)19(4,5)27-20)12-9-15(23-6)16(24-7)11-14(12)21/h9,11,13H,8,10H2,1-7H3. The molecule has 0 saturated carbocycles. The Morgan fingerprint density at radius 1 is 1.11 bits per heavy atom. The highest BCUT2D eigenvalue weighted by Crippen LogP contribution is 2.43. The molecule has 150 valence electrons. The molecule has 0 amide bonds. The minimum Gasteiger partial charge on any atom is -0.493 e. The van der Waals surface area contributed by atoms with Crippen LogP contribution in [0.3, 0.4) is 0 Å². The average molecular weight is 382 g/mol. The van der Waals surface area contributed by atoms with E-state index in [0.29, 0.717) is 5.75 Å². The lowest BCUT2D eigenvalue weighted by atomic mass is 9.66. The summed E-state index contributed by atoms with van der Waals surface area (Å²) in [5.74, 6) is -1.06. The Bertz CT molecular complexity index is 675. The van der Waals surface area contributed by atoms with Gasteiger partial charge in [-0.25, -0.2) is 4.39 Å². The van der Waals surface area contributed by atoms with E-state index in [-0.39, 0.29) is 24.3 Å². The van der Waals surface area contributed by atoms with Crippen LogP contribution in [0.4, 0.5) is 4.39 Å². The van der Waals surface area contributed by atoms with E-state index in [1.807, 2.05) is 27.7 Å². The first-order valence-electron chi connectivity index (χ1n) is 8.99. The van der Waals surface area contributed by atoms with Gasteiger partial charge >= 0.3 is 13.1 Å². The Kier molecular flexibility index (Phi) is 6.42. The lowest BCUT2D eigenvalue weighted by molar-refractivity contribution is -0.143. The summed E-state index contributed by atoms with van der Waals surface area (Å²) in [6, 6.07) is 2.75. The van der Waals surface area contributed by atoms with Crippen LogP contribution in [0.1, 0.15) is 52.4 Å². The zero-order valence-corrected chi connectivity index (χ0v) is 17.1. The maximum Gasteiger partial charge on any atom is 0.466 e. The molecule has 0 N–H and O–H groups in total. The molecule has 1 aliphatic rings. The SMILES string of the molecule is CCOC(=O)CC(B1OC(C)(C)C(C)(C)O1)c1cc(OC)c(OC)cc1F. The molecule has 6 nitrogen and oxygen atoms in total. The first kappa shape index (κ1) is 21.5. The minimum absolute atomic E-state index is 0.0862. The third kappa shape index (κ3) is 4.38. The third-order valence-electron chi connectivity index (χ3n) is 5.19. The Morgan fingerprint density at radius 3 is 2.11 bits per heavy atom. The van der Waals surface area contributed by atoms with Gasteiger partial charge in [-0.05, 0) is 46.2 Å². The summed E-state index contributed by atoms with van der Waals surface area (Å²) in [6.07, 6.45) is -0.0862. The molecule has 0 spiro atoms. The van der Waals surface area contributed by atoms with Gasteiger partial charge in [0, 0.05) is 11.9 Å². The minimum atomic E-state index is -0.813. The van der Waals surface area contributed by atoms with Crippen LogP contribution in [0.25, 0.3) is 0 Å². The lowest BCUT2D eigenvalue weighted by Crippen LogP contribution is -2.41. The van der Waals surface area contributed by atoms with Crippen LogP contribution in [-0.4, -0.2) is 45.1 Å². The quantitative estimate of drug-likeness (QED) is 0.531. The van der Waals surface area contributed by atoms with Gasteiger partial charge in [0.1, 0.15) is 5.82 Å². The summed E-state index contributed by atoms with van der Waals surface area (Å²) in [5.41, 5.74) is -0.978. The molecule has 1 unspecified atom stereocenters. The number of methoxy groups -OCH3 is 2. The van der Waals surface area contributed by atoms with Gasteiger partial charge in [-0.1, -0.05) is 0 Å². The molecule has 1 aliphatic heterocycles. The number of ether oxygens (including phenoxy) is 3. The largest absolute Gasteiger partial charge is 0.493 e. The van der Waals surface area contributed by atoms with Crippen LogP contribution in [0.15, 0.2) is 12.1 Å². The highest BCUT2D eigenvalue weighted by molar-refractivity contribution is 6.48. The number of hydrogen-bond donors (Lipinski definition) is 0. The third-order valence-corrected chi connectivity index (χ3v) is 5.19. The summed E-state index contributed by atoms with van der Waals surface area (Å²) < 4.78 is 42.5. The maximum atomic E-state index is 14.9. The molecule has 0 aliphatic carbocycles. The van der Waals surface area contributed by atoms with Crippen molar-refractivity contribution in [3.63, 3.8) is 0 Å². The topological polar surface area (TPSA) is 63.2 Å². The predicted octanol–water partition coefficient (Wildman–Crippen LogP) is 3.51. The molecule has 8 heteroatoms. The van der Waals surface area contributed by atoms with Crippen molar-refractivity contribution in [1.29, 1.82) is 0 Å². The number of halogens is 1. The van der Waals surface area contributed by atoms with Crippen molar-refractivity contribution in [3.8, 4) is 11.5 Å². The molecule has 0 radical (unpaired) electrons. The van der Waals surface area contributed by atoms with Gasteiger partial charge in [0.05, 0.1) is 38.4 Å². The van der Waals surface area contributed by atoms with Crippen LogP contribution in [0, 0.1) is 5.82 Å². The summed E-state index contributed by atoms with van der Waals surface area (Å²) >= 11 is 0. The van der Waals surface area contributed by atoms with E-state index in [4.69, 9.17) is 23.5 Å². The molecule has 0 aromatic heterocycles. The molecule has 27 heavy (non-hydrogen) atoms. The van der Waals surface area contributed by atoms with Crippen molar-refractivity contribution in [2.45, 2.75) is 58.1 Å². The Balaban J connectivity index is 2.47. The number of carbonyl (C=O) groups excluding carboxylic acids is 1. The van der Waals surface area contributed by atoms with Crippen LogP contribution >= 0.6 is 0 Å². The van der Waals surface area contributed by atoms with Crippen molar-refractivity contribution in [2.75, 3.05) is 20.8 Å². The second kappa shape index (κ2) is 8.06. The fraction of sp³-hybridized carbons (Fsp3) is 0.632. The normalized spacial score (nSPS) is 18.9. The lowest BCUT2D eigenvalue weighted by Gasteiger charge is -2.32. The Labute approximate surface area is 160 Å². The van der Waals surface area contributed by atoms with Crippen molar-refractivity contribution >= 4 is 13.1 Å². The van der Waals surface area contributed by atoms with Crippen LogP contribution in [-0.2, 0) is 18.8 Å². The number of rotatable bonds is 7. The van der Waals surface area contributed by atoms with Crippen LogP contribution < -0.4 is 9.47 Å². The van der Waals surface area contributed by atoms with Crippen molar-refractivity contribution in [3.05, 3.63) is 23.5 Å². The number of carbonyl (C=O) groups is 1. The average Bonchev–Trinajstić information content (AvgIpc) is 2.80. The van der Waals surface area contributed by atoms with E-state index in [9.17, 15) is 9.18 Å². The molecule has 0 bridgehead atoms. The van der Waals surface area contributed by atoms with E-state index < -0.39 is 35.9 Å². The number of esters is 1. The highest BCUT2D eigenvalue weighted by atomic mass is 19.1. The zero-order chi connectivity index (χ0) is 20.4. The van der Waals surface area contributed by atoms with Gasteiger partial charge in [0.15, 0.2) is 11.5 Å². The molecule has 2 rings (SSSR count). The van der Waals surface area contributed by atoms with Crippen LogP contribution in [0.5, 0.6) is 11.5 Å². The molecule has 1 saturated heterocycles. The van der Waals surface area contributed by atoms with E-state index in [1.165, 1.54) is 26.4 Å². The van der Waals surface area contributed by atoms with E-state index in [0.717, 1.165) is 0 Å². The summed E-state index contributed by atoms with van der Waals surface area (Å²) in [6.45, 7) is 9.57. The predicted molar refractivity (Wildman–Crippen MR) is 99.6 cm³/mol. The second-order valence-electron chi connectivity index (χ2n) is 7.47. The first-order valence-corrected chi connectivity index (χ1v) is 8.99. The Morgan fingerprint density at radius 2 is 1.63 bits per heavy atom. The summed E-state index contributed by atoms with van der Waals surface area (Å²) in [5, 5.41) is 0. The second-order valence-corrected chi connectivity index (χ2v) is 7.47. The molecule has 1 heterocycles. The van der Waals surface area contributed by atoms with E-state index in [1.54, 1.807) is 6.92 Å². The smallest absolute Gasteiger partial charge is 0.466 e. The summed E-state index contributed by atoms with van der Waals surface area (Å²) in [4.78, 5) is 12.2. The zero-order valence-electron chi connectivity index (χ0n) is 17.1. The number of benzene rings is 1. The monoisotopic (exact) mass is 382 g/mol. The van der Waals surface area contributed by atoms with Gasteiger partial charge in [0.2, 0.25) is 0 Å². The fourth-order valence-corrected chi connectivity index (χ4v) is 2.96. The van der Waals surface area contributed by atoms with Gasteiger partial charge in [0.25, 0.3) is 0 Å². The van der Waals surface area contributed by atoms with E-state index >= 15 is 0 Å². The van der Waals surface area contributed by atoms with Crippen molar-refractivity contribution < 1.29 is 32.7 Å². The van der Waals surface area contributed by atoms with Gasteiger partial charge in [-0.3, -0.25) is 4.79 Å².